The number of nitro groups is 1. The number of carbonyl (C=O) groups is 1. The molecule has 1 aromatic rings. The van der Waals surface area contributed by atoms with Crippen LogP contribution in [0.15, 0.2) is 18.2 Å². The number of anilines is 1. The molecule has 0 unspecified atom stereocenters. The Morgan fingerprint density at radius 1 is 1.39 bits per heavy atom. The van der Waals surface area contributed by atoms with E-state index in [0.29, 0.717) is 18.8 Å². The average Bonchev–Trinajstić information content (AvgIpc) is 2.36. The van der Waals surface area contributed by atoms with E-state index in [2.05, 4.69) is 10.6 Å². The van der Waals surface area contributed by atoms with Gasteiger partial charge in [-0.25, -0.2) is 0 Å². The third kappa shape index (κ3) is 3.44. The van der Waals surface area contributed by atoms with Gasteiger partial charge in [-0.3, -0.25) is 14.9 Å². The second-order valence-electron chi connectivity index (χ2n) is 3.78. The highest BCUT2D eigenvalue weighted by molar-refractivity contribution is 5.99. The summed E-state index contributed by atoms with van der Waals surface area (Å²) in [7, 11) is 0. The van der Waals surface area contributed by atoms with E-state index in [1.165, 1.54) is 12.1 Å². The van der Waals surface area contributed by atoms with E-state index in [9.17, 15) is 14.9 Å². The molecule has 0 atom stereocenters. The van der Waals surface area contributed by atoms with Gasteiger partial charge in [0, 0.05) is 24.8 Å². The van der Waals surface area contributed by atoms with Crippen LogP contribution in [0.25, 0.3) is 0 Å². The van der Waals surface area contributed by atoms with E-state index in [0.717, 1.165) is 6.42 Å². The first kappa shape index (κ1) is 14.0. The Morgan fingerprint density at radius 3 is 2.67 bits per heavy atom. The van der Waals surface area contributed by atoms with Gasteiger partial charge in [0.15, 0.2) is 0 Å². The lowest BCUT2D eigenvalue weighted by atomic mass is 10.1. The Morgan fingerprint density at radius 2 is 2.11 bits per heavy atom. The Bertz CT molecular complexity index is 446. The van der Waals surface area contributed by atoms with Crippen LogP contribution in [-0.2, 0) is 0 Å². The van der Waals surface area contributed by atoms with Crippen molar-refractivity contribution in [2.45, 2.75) is 20.3 Å². The number of benzene rings is 1. The molecule has 18 heavy (non-hydrogen) atoms. The van der Waals surface area contributed by atoms with Gasteiger partial charge < -0.3 is 10.6 Å². The number of amides is 1. The third-order valence-electron chi connectivity index (χ3n) is 2.35. The average molecular weight is 251 g/mol. The summed E-state index contributed by atoms with van der Waals surface area (Å²) >= 11 is 0. The zero-order chi connectivity index (χ0) is 13.5. The van der Waals surface area contributed by atoms with E-state index in [-0.39, 0.29) is 11.3 Å². The van der Waals surface area contributed by atoms with Crippen LogP contribution in [0.1, 0.15) is 30.6 Å². The quantitative estimate of drug-likeness (QED) is 0.599. The zero-order valence-electron chi connectivity index (χ0n) is 10.5. The van der Waals surface area contributed by atoms with Crippen molar-refractivity contribution in [1.82, 2.24) is 5.32 Å². The molecule has 0 saturated heterocycles. The first-order valence-corrected chi connectivity index (χ1v) is 5.90. The summed E-state index contributed by atoms with van der Waals surface area (Å²) < 4.78 is 0. The van der Waals surface area contributed by atoms with Gasteiger partial charge in [-0.15, -0.1) is 0 Å². The van der Waals surface area contributed by atoms with Crippen molar-refractivity contribution in [1.29, 1.82) is 0 Å². The van der Waals surface area contributed by atoms with Gasteiger partial charge in [0.1, 0.15) is 5.56 Å². The van der Waals surface area contributed by atoms with E-state index < -0.39 is 10.8 Å². The summed E-state index contributed by atoms with van der Waals surface area (Å²) in [5, 5.41) is 16.5. The number of hydrogen-bond donors (Lipinski definition) is 2. The minimum Gasteiger partial charge on any atom is -0.385 e. The number of rotatable bonds is 6. The number of carbonyl (C=O) groups excluding carboxylic acids is 1. The molecule has 0 heterocycles. The normalized spacial score (nSPS) is 9.89. The van der Waals surface area contributed by atoms with Crippen molar-refractivity contribution < 1.29 is 9.72 Å². The van der Waals surface area contributed by atoms with Gasteiger partial charge in [0.25, 0.3) is 11.6 Å². The number of hydrogen-bond acceptors (Lipinski definition) is 4. The highest BCUT2D eigenvalue weighted by atomic mass is 16.6. The molecule has 0 aliphatic rings. The fourth-order valence-electron chi connectivity index (χ4n) is 1.52. The molecule has 0 aliphatic heterocycles. The van der Waals surface area contributed by atoms with Crippen molar-refractivity contribution in [3.63, 3.8) is 0 Å². The monoisotopic (exact) mass is 251 g/mol. The van der Waals surface area contributed by atoms with Gasteiger partial charge in [-0.1, -0.05) is 6.92 Å². The molecule has 0 aromatic heterocycles. The second-order valence-corrected chi connectivity index (χ2v) is 3.78. The number of nitrogens with zero attached hydrogens (tertiary/aromatic N) is 1. The Kier molecular flexibility index (Phi) is 5.10. The summed E-state index contributed by atoms with van der Waals surface area (Å²) in [6, 6.07) is 4.45. The van der Waals surface area contributed by atoms with Crippen LogP contribution >= 0.6 is 0 Å². The molecule has 1 amide bonds. The van der Waals surface area contributed by atoms with Gasteiger partial charge in [0.05, 0.1) is 4.92 Å². The molecular weight excluding hydrogens is 234 g/mol. The summed E-state index contributed by atoms with van der Waals surface area (Å²) in [5.41, 5.74) is 0.613. The SMILES string of the molecule is CCCNC(=O)c1cc(NCC)ccc1[N+](=O)[O-]. The molecule has 0 spiro atoms. The van der Waals surface area contributed by atoms with Crippen molar-refractivity contribution in [2.24, 2.45) is 0 Å². The Labute approximate surface area is 106 Å². The molecule has 0 radical (unpaired) electrons. The Hall–Kier alpha value is -2.11. The zero-order valence-corrected chi connectivity index (χ0v) is 10.5. The van der Waals surface area contributed by atoms with Crippen LogP contribution in [0.5, 0.6) is 0 Å². The minimum atomic E-state index is -0.545. The van der Waals surface area contributed by atoms with Crippen molar-refractivity contribution in [2.75, 3.05) is 18.4 Å². The van der Waals surface area contributed by atoms with E-state index in [1.807, 2.05) is 13.8 Å². The highest BCUT2D eigenvalue weighted by Gasteiger charge is 2.20. The predicted octanol–water partition coefficient (Wildman–Crippen LogP) is 2.17. The van der Waals surface area contributed by atoms with Crippen molar-refractivity contribution in [3.8, 4) is 0 Å². The predicted molar refractivity (Wildman–Crippen MR) is 69.9 cm³/mol. The van der Waals surface area contributed by atoms with E-state index >= 15 is 0 Å². The fourth-order valence-corrected chi connectivity index (χ4v) is 1.52. The second kappa shape index (κ2) is 6.58. The molecular formula is C12H17N3O3. The van der Waals surface area contributed by atoms with Gasteiger partial charge in [-0.05, 0) is 25.5 Å². The smallest absolute Gasteiger partial charge is 0.282 e. The maximum Gasteiger partial charge on any atom is 0.282 e. The molecule has 0 bridgehead atoms. The lowest BCUT2D eigenvalue weighted by molar-refractivity contribution is -0.385. The molecule has 0 fully saturated rings. The molecule has 6 heteroatoms. The molecule has 2 N–H and O–H groups in total. The maximum absolute atomic E-state index is 11.8. The van der Waals surface area contributed by atoms with Gasteiger partial charge in [0.2, 0.25) is 0 Å². The number of nitrogens with one attached hydrogen (secondary N) is 2. The summed E-state index contributed by atoms with van der Waals surface area (Å²) in [4.78, 5) is 22.2. The van der Waals surface area contributed by atoms with Crippen molar-refractivity contribution in [3.05, 3.63) is 33.9 Å². The largest absolute Gasteiger partial charge is 0.385 e. The Balaban J connectivity index is 3.06. The third-order valence-corrected chi connectivity index (χ3v) is 2.35. The van der Waals surface area contributed by atoms with Crippen LogP contribution in [0, 0.1) is 10.1 Å². The highest BCUT2D eigenvalue weighted by Crippen LogP contribution is 2.22. The van der Waals surface area contributed by atoms with Crippen LogP contribution < -0.4 is 10.6 Å². The summed E-state index contributed by atoms with van der Waals surface area (Å²) in [6.07, 6.45) is 0.784. The van der Waals surface area contributed by atoms with Crippen LogP contribution in [0.2, 0.25) is 0 Å². The standard InChI is InChI=1S/C12H17N3O3/c1-3-7-14-12(16)10-8-9(13-4-2)5-6-11(10)15(17)18/h5-6,8,13H,3-4,7H2,1-2H3,(H,14,16). The topological polar surface area (TPSA) is 84.3 Å². The summed E-state index contributed by atoms with van der Waals surface area (Å²) in [5.74, 6) is -0.414. The van der Waals surface area contributed by atoms with Crippen LogP contribution in [0.3, 0.4) is 0 Å². The van der Waals surface area contributed by atoms with E-state index in [1.54, 1.807) is 6.07 Å². The number of nitro benzene ring substituents is 1. The fraction of sp³-hybridized carbons (Fsp3) is 0.417. The molecule has 0 aliphatic carbocycles. The van der Waals surface area contributed by atoms with Gasteiger partial charge >= 0.3 is 0 Å². The van der Waals surface area contributed by atoms with Crippen molar-refractivity contribution >= 4 is 17.3 Å². The maximum atomic E-state index is 11.8. The summed E-state index contributed by atoms with van der Waals surface area (Å²) in [6.45, 7) is 5.03. The molecule has 6 nitrogen and oxygen atoms in total. The first-order chi connectivity index (χ1) is 8.60. The van der Waals surface area contributed by atoms with Crippen LogP contribution in [-0.4, -0.2) is 23.9 Å². The van der Waals surface area contributed by atoms with Crippen LogP contribution in [0.4, 0.5) is 11.4 Å². The first-order valence-electron chi connectivity index (χ1n) is 5.90. The minimum absolute atomic E-state index is 0.0897. The lowest BCUT2D eigenvalue weighted by Gasteiger charge is -2.08. The molecule has 0 saturated carbocycles. The molecule has 98 valence electrons. The van der Waals surface area contributed by atoms with E-state index in [4.69, 9.17) is 0 Å². The van der Waals surface area contributed by atoms with Gasteiger partial charge in [-0.2, -0.15) is 0 Å². The molecule has 1 aromatic carbocycles. The molecule has 1 rings (SSSR count). The lowest BCUT2D eigenvalue weighted by Crippen LogP contribution is -2.25.